The van der Waals surface area contributed by atoms with Crippen LogP contribution in [-0.2, 0) is 22.2 Å². The molecule has 3 aromatic rings. The number of nitrogens with zero attached hydrogens (tertiary/aromatic N) is 1. The molecule has 0 radical (unpaired) electrons. The molecule has 0 unspecified atom stereocenters. The maximum atomic E-state index is 13.4. The minimum absolute atomic E-state index is 0.00203. The number of alkyl halides is 2. The van der Waals surface area contributed by atoms with Crippen molar-refractivity contribution >= 4 is 5.78 Å². The summed E-state index contributed by atoms with van der Waals surface area (Å²) in [6.07, 6.45) is -2.24. The SMILES string of the molecule is Cc1ccc(CC(=O)C2(c3ccc4c(c3)OC(F)(F)O4)CC2)nc1-c1ccc(C(C)(C)O)cc1. The third kappa shape index (κ3) is 4.05. The molecule has 0 atom stereocenters. The number of carbonyl (C=O) groups excluding carboxylic acids is 1. The van der Waals surface area contributed by atoms with Crippen LogP contribution in [0.15, 0.2) is 54.6 Å². The molecular weight excluding hydrogens is 440 g/mol. The number of carbonyl (C=O) groups is 1. The molecule has 5 nitrogen and oxygen atoms in total. The maximum Gasteiger partial charge on any atom is 0.586 e. The molecule has 2 aromatic carbocycles. The molecule has 2 aliphatic rings. The Morgan fingerprint density at radius 2 is 1.71 bits per heavy atom. The Morgan fingerprint density at radius 1 is 1.03 bits per heavy atom. The van der Waals surface area contributed by atoms with E-state index in [4.69, 9.17) is 4.98 Å². The van der Waals surface area contributed by atoms with E-state index in [1.165, 1.54) is 12.1 Å². The van der Waals surface area contributed by atoms with E-state index in [-0.39, 0.29) is 23.7 Å². The number of fused-ring (bicyclic) bond motifs is 1. The van der Waals surface area contributed by atoms with Crippen LogP contribution in [0.5, 0.6) is 11.5 Å². The average Bonchev–Trinajstić information content (AvgIpc) is 3.52. The van der Waals surface area contributed by atoms with Crippen LogP contribution in [-0.4, -0.2) is 22.2 Å². The molecule has 1 aliphatic carbocycles. The number of hydrogen-bond acceptors (Lipinski definition) is 5. The van der Waals surface area contributed by atoms with Crippen molar-refractivity contribution in [3.8, 4) is 22.8 Å². The highest BCUT2D eigenvalue weighted by atomic mass is 19.3. The quantitative estimate of drug-likeness (QED) is 0.524. The van der Waals surface area contributed by atoms with E-state index >= 15 is 0 Å². The summed E-state index contributed by atoms with van der Waals surface area (Å²) in [6.45, 7) is 5.43. The van der Waals surface area contributed by atoms with Gasteiger partial charge in [0.2, 0.25) is 0 Å². The number of aliphatic hydroxyl groups is 1. The van der Waals surface area contributed by atoms with Crippen molar-refractivity contribution in [2.45, 2.75) is 57.3 Å². The smallest absolute Gasteiger partial charge is 0.395 e. The first-order chi connectivity index (χ1) is 16.0. The Labute approximate surface area is 196 Å². The second-order valence-corrected chi connectivity index (χ2v) is 9.62. The molecule has 1 aliphatic heterocycles. The van der Waals surface area contributed by atoms with Crippen molar-refractivity contribution in [2.75, 3.05) is 0 Å². The first-order valence-electron chi connectivity index (χ1n) is 11.2. The van der Waals surface area contributed by atoms with Crippen LogP contribution in [0.25, 0.3) is 11.3 Å². The molecule has 0 spiro atoms. The first-order valence-corrected chi connectivity index (χ1v) is 11.2. The summed E-state index contributed by atoms with van der Waals surface area (Å²) in [4.78, 5) is 18.1. The van der Waals surface area contributed by atoms with Gasteiger partial charge in [0, 0.05) is 17.7 Å². The molecule has 1 N–H and O–H groups in total. The lowest BCUT2D eigenvalue weighted by molar-refractivity contribution is -0.286. The molecule has 0 amide bonds. The van der Waals surface area contributed by atoms with Gasteiger partial charge < -0.3 is 14.6 Å². The summed E-state index contributed by atoms with van der Waals surface area (Å²) in [5.41, 5.74) is 3.13. The highest BCUT2D eigenvalue weighted by Gasteiger charge is 2.52. The van der Waals surface area contributed by atoms with E-state index in [0.717, 1.165) is 22.4 Å². The van der Waals surface area contributed by atoms with Gasteiger partial charge in [-0.2, -0.15) is 0 Å². The van der Waals surface area contributed by atoms with E-state index in [1.54, 1.807) is 19.9 Å². The number of halogens is 2. The number of Topliss-reactive ketones (excluding diaryl/α,β-unsaturated/α-hetero) is 1. The fourth-order valence-electron chi connectivity index (χ4n) is 4.43. The molecule has 2 heterocycles. The molecule has 0 bridgehead atoms. The Hall–Kier alpha value is -3.32. The fraction of sp³-hybridized carbons (Fsp3) is 0.333. The molecule has 5 rings (SSSR count). The molecule has 34 heavy (non-hydrogen) atoms. The summed E-state index contributed by atoms with van der Waals surface area (Å²) >= 11 is 0. The fourth-order valence-corrected chi connectivity index (χ4v) is 4.43. The molecule has 7 heteroatoms. The van der Waals surface area contributed by atoms with Gasteiger partial charge in [-0.15, -0.1) is 8.78 Å². The van der Waals surface area contributed by atoms with Crippen LogP contribution >= 0.6 is 0 Å². The normalized spacial score (nSPS) is 17.5. The van der Waals surface area contributed by atoms with Gasteiger partial charge in [-0.25, -0.2) is 0 Å². The monoisotopic (exact) mass is 465 g/mol. The minimum Gasteiger partial charge on any atom is -0.395 e. The average molecular weight is 465 g/mol. The second kappa shape index (κ2) is 7.60. The number of benzene rings is 2. The van der Waals surface area contributed by atoms with Crippen molar-refractivity contribution in [1.29, 1.82) is 0 Å². The standard InChI is InChI=1S/C27H25F2NO4/c1-16-4-10-20(30-24(16)17-5-7-18(8-6-17)25(2,3)32)15-23(31)26(12-13-26)19-9-11-21-22(14-19)34-27(28,29)33-21/h4-11,14,32H,12-13,15H2,1-3H3. The van der Waals surface area contributed by atoms with Crippen LogP contribution in [0.4, 0.5) is 8.78 Å². The number of pyridine rings is 1. The van der Waals surface area contributed by atoms with Gasteiger partial charge in [-0.3, -0.25) is 9.78 Å². The Balaban J connectivity index is 1.38. The molecule has 1 saturated carbocycles. The molecule has 0 saturated heterocycles. The van der Waals surface area contributed by atoms with Crippen LogP contribution in [0.3, 0.4) is 0 Å². The van der Waals surface area contributed by atoms with Crippen molar-refractivity contribution in [3.05, 3.63) is 77.0 Å². The molecule has 1 fully saturated rings. The van der Waals surface area contributed by atoms with Crippen molar-refractivity contribution in [2.24, 2.45) is 0 Å². The van der Waals surface area contributed by atoms with Crippen molar-refractivity contribution in [1.82, 2.24) is 4.98 Å². The number of aromatic nitrogens is 1. The van der Waals surface area contributed by atoms with Gasteiger partial charge in [0.15, 0.2) is 11.5 Å². The van der Waals surface area contributed by atoms with Crippen molar-refractivity contribution in [3.63, 3.8) is 0 Å². The Bertz CT molecular complexity index is 1270. The summed E-state index contributed by atoms with van der Waals surface area (Å²) in [5.74, 6) is -0.0814. The zero-order chi connectivity index (χ0) is 24.3. The lowest BCUT2D eigenvalue weighted by atomic mass is 9.88. The number of ether oxygens (including phenoxy) is 2. The number of aryl methyl sites for hydroxylation is 1. The van der Waals surface area contributed by atoms with E-state index in [0.29, 0.717) is 24.1 Å². The van der Waals surface area contributed by atoms with Gasteiger partial charge in [-0.05, 0) is 68.5 Å². The maximum absolute atomic E-state index is 13.4. The zero-order valence-electron chi connectivity index (χ0n) is 19.2. The second-order valence-electron chi connectivity index (χ2n) is 9.62. The van der Waals surface area contributed by atoms with Gasteiger partial charge in [0.05, 0.1) is 16.7 Å². The van der Waals surface area contributed by atoms with Crippen LogP contribution < -0.4 is 9.47 Å². The lowest BCUT2D eigenvalue weighted by Gasteiger charge is -2.18. The number of hydrogen-bond donors (Lipinski definition) is 1. The minimum atomic E-state index is -3.69. The molecule has 176 valence electrons. The van der Waals surface area contributed by atoms with E-state index in [2.05, 4.69) is 9.47 Å². The van der Waals surface area contributed by atoms with Crippen LogP contribution in [0.2, 0.25) is 0 Å². The van der Waals surface area contributed by atoms with Crippen molar-refractivity contribution < 1.29 is 28.2 Å². The summed E-state index contributed by atoms with van der Waals surface area (Å²) in [5, 5.41) is 10.2. The lowest BCUT2D eigenvalue weighted by Crippen LogP contribution is -2.26. The van der Waals surface area contributed by atoms with Gasteiger partial charge in [-0.1, -0.05) is 36.4 Å². The van der Waals surface area contributed by atoms with E-state index in [9.17, 15) is 18.7 Å². The van der Waals surface area contributed by atoms with Gasteiger partial charge in [0.1, 0.15) is 5.78 Å². The predicted molar refractivity (Wildman–Crippen MR) is 122 cm³/mol. The highest BCUT2D eigenvalue weighted by molar-refractivity contribution is 5.94. The predicted octanol–water partition coefficient (Wildman–Crippen LogP) is 5.45. The summed E-state index contributed by atoms with van der Waals surface area (Å²) in [7, 11) is 0. The third-order valence-corrected chi connectivity index (χ3v) is 6.60. The number of rotatable bonds is 6. The first kappa shape index (κ1) is 22.5. The van der Waals surface area contributed by atoms with Crippen LogP contribution in [0.1, 0.15) is 49.1 Å². The Kier molecular flexibility index (Phi) is 5.02. The number of ketones is 1. The van der Waals surface area contributed by atoms with Crippen LogP contribution in [0, 0.1) is 6.92 Å². The van der Waals surface area contributed by atoms with Gasteiger partial charge in [0.25, 0.3) is 0 Å². The topological polar surface area (TPSA) is 68.7 Å². The van der Waals surface area contributed by atoms with E-state index in [1.807, 2.05) is 43.3 Å². The molecule has 1 aromatic heterocycles. The summed E-state index contributed by atoms with van der Waals surface area (Å²) < 4.78 is 35.8. The largest absolute Gasteiger partial charge is 0.586 e. The highest BCUT2D eigenvalue weighted by Crippen LogP contribution is 2.52. The van der Waals surface area contributed by atoms with Gasteiger partial charge >= 0.3 is 6.29 Å². The molecular formula is C27H25F2NO4. The third-order valence-electron chi connectivity index (χ3n) is 6.60. The summed E-state index contributed by atoms with van der Waals surface area (Å²) in [6, 6.07) is 15.9. The Morgan fingerprint density at radius 3 is 2.35 bits per heavy atom. The zero-order valence-corrected chi connectivity index (χ0v) is 19.2. The van der Waals surface area contributed by atoms with E-state index < -0.39 is 17.3 Å².